The van der Waals surface area contributed by atoms with Crippen LogP contribution in [0.4, 0.5) is 0 Å². The minimum absolute atomic E-state index is 0.424. The van der Waals surface area contributed by atoms with Gasteiger partial charge in [0.05, 0.1) is 0 Å². The van der Waals surface area contributed by atoms with E-state index < -0.39 is 8.32 Å². The molecule has 0 bridgehead atoms. The quantitative estimate of drug-likeness (QED) is 0.569. The van der Waals surface area contributed by atoms with Crippen molar-refractivity contribution in [3.05, 3.63) is 0 Å². The molecule has 1 nitrogen and oxygen atoms in total. The monoisotopic (exact) mass is 215 g/mol. The topological polar surface area (TPSA) is 19.9 Å². The molecule has 14 heavy (non-hydrogen) atoms. The highest BCUT2D eigenvalue weighted by Crippen LogP contribution is 2.44. The third-order valence-electron chi connectivity index (χ3n) is 4.15. The van der Waals surface area contributed by atoms with E-state index in [1.165, 1.54) is 0 Å². The van der Waals surface area contributed by atoms with E-state index >= 15 is 0 Å². The highest BCUT2D eigenvalue weighted by molar-refractivity contribution is 6.76. The molecule has 0 aliphatic rings. The SMILES string of the molecule is CCC(C)[Si]([O])(C(C)CC)C(C)CC. The maximum absolute atomic E-state index is 13.0. The molecule has 0 aliphatic heterocycles. The number of hydrogen-bond donors (Lipinski definition) is 0. The van der Waals surface area contributed by atoms with Gasteiger partial charge in [0.15, 0.2) is 0 Å². The van der Waals surface area contributed by atoms with Crippen LogP contribution in [0.5, 0.6) is 0 Å². The average Bonchev–Trinajstić information content (AvgIpc) is 2.24. The summed E-state index contributed by atoms with van der Waals surface area (Å²) in [7, 11) is -2.31. The maximum atomic E-state index is 13.0. The molecule has 0 aromatic heterocycles. The van der Waals surface area contributed by atoms with Crippen molar-refractivity contribution in [3.63, 3.8) is 0 Å². The second-order valence-electron chi connectivity index (χ2n) is 4.78. The molecule has 0 spiro atoms. The van der Waals surface area contributed by atoms with Crippen LogP contribution < -0.4 is 0 Å². The van der Waals surface area contributed by atoms with E-state index in [2.05, 4.69) is 41.5 Å². The van der Waals surface area contributed by atoms with Crippen molar-refractivity contribution in [2.45, 2.75) is 77.4 Å². The van der Waals surface area contributed by atoms with Crippen molar-refractivity contribution >= 4 is 8.32 Å². The zero-order valence-electron chi connectivity index (χ0n) is 10.8. The van der Waals surface area contributed by atoms with Crippen LogP contribution in [0.3, 0.4) is 0 Å². The Labute approximate surface area is 91.1 Å². The third-order valence-corrected chi connectivity index (χ3v) is 9.99. The van der Waals surface area contributed by atoms with Gasteiger partial charge >= 0.3 is 0 Å². The van der Waals surface area contributed by atoms with Crippen LogP contribution in [-0.2, 0) is 4.80 Å². The Balaban J connectivity index is 4.83. The van der Waals surface area contributed by atoms with Crippen LogP contribution in [0.1, 0.15) is 60.8 Å². The molecule has 0 N–H and O–H groups in total. The molecule has 0 heterocycles. The Morgan fingerprint density at radius 3 is 1.14 bits per heavy atom. The van der Waals surface area contributed by atoms with Gasteiger partial charge in [-0.15, -0.1) is 0 Å². The van der Waals surface area contributed by atoms with E-state index in [1.807, 2.05) is 0 Å². The summed E-state index contributed by atoms with van der Waals surface area (Å²) in [5, 5.41) is 0. The van der Waals surface area contributed by atoms with Crippen LogP contribution in [0, 0.1) is 0 Å². The molecule has 0 aliphatic carbocycles. The molecule has 0 saturated heterocycles. The van der Waals surface area contributed by atoms with Crippen molar-refractivity contribution in [2.24, 2.45) is 0 Å². The Morgan fingerprint density at radius 1 is 0.786 bits per heavy atom. The Morgan fingerprint density at radius 2 is 1.00 bits per heavy atom. The fraction of sp³-hybridized carbons (Fsp3) is 1.00. The standard InChI is InChI=1S/C12H27OSi/c1-7-10(4)14(13,11(5)8-2)12(6)9-3/h10-12H,7-9H2,1-6H3. The molecule has 85 valence electrons. The molecule has 0 rings (SSSR count). The molecule has 1 radical (unpaired) electrons. The maximum Gasteiger partial charge on any atom is 0.245 e. The first-order chi connectivity index (χ1) is 6.44. The van der Waals surface area contributed by atoms with Crippen molar-refractivity contribution in [1.29, 1.82) is 0 Å². The van der Waals surface area contributed by atoms with Crippen LogP contribution >= 0.6 is 0 Å². The summed E-state index contributed by atoms with van der Waals surface area (Å²) in [4.78, 5) is 13.0. The lowest BCUT2D eigenvalue weighted by Crippen LogP contribution is -2.45. The first-order valence-electron chi connectivity index (χ1n) is 6.15. The van der Waals surface area contributed by atoms with E-state index in [9.17, 15) is 4.80 Å². The predicted molar refractivity (Wildman–Crippen MR) is 65.6 cm³/mol. The summed E-state index contributed by atoms with van der Waals surface area (Å²) in [6.07, 6.45) is 3.18. The van der Waals surface area contributed by atoms with Crippen molar-refractivity contribution in [2.75, 3.05) is 0 Å². The molecule has 0 amide bonds. The summed E-state index contributed by atoms with van der Waals surface area (Å²) < 4.78 is 0. The van der Waals surface area contributed by atoms with E-state index in [1.54, 1.807) is 0 Å². The van der Waals surface area contributed by atoms with Crippen LogP contribution in [0.2, 0.25) is 16.6 Å². The van der Waals surface area contributed by atoms with Gasteiger partial charge in [0, 0.05) is 0 Å². The lowest BCUT2D eigenvalue weighted by atomic mass is 10.3. The smallest absolute Gasteiger partial charge is 0.245 e. The molecular formula is C12H27OSi. The van der Waals surface area contributed by atoms with Gasteiger partial charge in [0.25, 0.3) is 0 Å². The minimum Gasteiger partial charge on any atom is -0.296 e. The second kappa shape index (κ2) is 5.91. The fourth-order valence-electron chi connectivity index (χ4n) is 2.41. The van der Waals surface area contributed by atoms with E-state index in [-0.39, 0.29) is 0 Å². The highest BCUT2D eigenvalue weighted by atomic mass is 28.4. The summed E-state index contributed by atoms with van der Waals surface area (Å²) in [6.45, 7) is 13.0. The normalized spacial score (nSPS) is 22.5. The van der Waals surface area contributed by atoms with Gasteiger partial charge in [-0.25, -0.2) is 0 Å². The van der Waals surface area contributed by atoms with Crippen LogP contribution in [-0.4, -0.2) is 8.32 Å². The Hall–Kier alpha value is 0.177. The number of hydrogen-bond acceptors (Lipinski definition) is 0. The van der Waals surface area contributed by atoms with Gasteiger partial charge in [-0.1, -0.05) is 60.8 Å². The van der Waals surface area contributed by atoms with Gasteiger partial charge in [-0.2, -0.15) is 0 Å². The molecule has 2 heteroatoms. The van der Waals surface area contributed by atoms with E-state index in [4.69, 9.17) is 0 Å². The van der Waals surface area contributed by atoms with Crippen molar-refractivity contribution in [1.82, 2.24) is 0 Å². The van der Waals surface area contributed by atoms with Crippen LogP contribution in [0.15, 0.2) is 0 Å². The van der Waals surface area contributed by atoms with Gasteiger partial charge in [-0.05, 0) is 16.6 Å². The van der Waals surface area contributed by atoms with Gasteiger partial charge in [-0.3, -0.25) is 4.80 Å². The molecule has 0 saturated carbocycles. The summed E-state index contributed by atoms with van der Waals surface area (Å²) in [5.74, 6) is 0. The summed E-state index contributed by atoms with van der Waals surface area (Å²) >= 11 is 0. The third kappa shape index (κ3) is 2.60. The van der Waals surface area contributed by atoms with Gasteiger partial charge in [0.1, 0.15) is 0 Å². The molecule has 3 atom stereocenters. The average molecular weight is 215 g/mol. The lowest BCUT2D eigenvalue weighted by Gasteiger charge is -2.38. The van der Waals surface area contributed by atoms with E-state index in [0.717, 1.165) is 19.3 Å². The largest absolute Gasteiger partial charge is 0.296 e. The first-order valence-corrected chi connectivity index (χ1v) is 8.29. The molecule has 0 aromatic carbocycles. The zero-order valence-corrected chi connectivity index (χ0v) is 11.8. The molecule has 3 unspecified atom stereocenters. The Bertz CT molecular complexity index is 132. The first kappa shape index (κ1) is 14.2. The van der Waals surface area contributed by atoms with Crippen molar-refractivity contribution in [3.8, 4) is 0 Å². The Kier molecular flexibility index (Phi) is 5.99. The predicted octanol–water partition coefficient (Wildman–Crippen LogP) is 4.76. The zero-order chi connectivity index (χ0) is 11.4. The van der Waals surface area contributed by atoms with Crippen LogP contribution in [0.25, 0.3) is 0 Å². The lowest BCUT2D eigenvalue weighted by molar-refractivity contribution is 0.358. The summed E-state index contributed by atoms with van der Waals surface area (Å²) in [6, 6.07) is 0. The molecular weight excluding hydrogens is 188 g/mol. The second-order valence-corrected chi connectivity index (χ2v) is 9.45. The summed E-state index contributed by atoms with van der Waals surface area (Å²) in [5.41, 5.74) is 1.27. The molecule has 0 fully saturated rings. The van der Waals surface area contributed by atoms with Gasteiger partial charge < -0.3 is 0 Å². The number of rotatable bonds is 6. The molecule has 0 aromatic rings. The fourth-order valence-corrected chi connectivity index (χ4v) is 7.24. The van der Waals surface area contributed by atoms with Crippen molar-refractivity contribution < 1.29 is 4.80 Å². The van der Waals surface area contributed by atoms with E-state index in [0.29, 0.717) is 16.6 Å². The highest BCUT2D eigenvalue weighted by Gasteiger charge is 2.47. The minimum atomic E-state index is -2.31. The van der Waals surface area contributed by atoms with Gasteiger partial charge in [0.2, 0.25) is 8.32 Å².